The average Bonchev–Trinajstić information content (AvgIpc) is 2.98. The molecule has 0 saturated heterocycles. The number of carbonyl (C=O) groups excluding carboxylic acids is 2. The van der Waals surface area contributed by atoms with Gasteiger partial charge in [0, 0.05) is 5.69 Å². The summed E-state index contributed by atoms with van der Waals surface area (Å²) in [5.41, 5.74) is 3.38. The van der Waals surface area contributed by atoms with Gasteiger partial charge in [-0.1, -0.05) is 29.8 Å². The van der Waals surface area contributed by atoms with Crippen molar-refractivity contribution in [1.82, 2.24) is 9.78 Å². The number of anilines is 1. The number of aromatic nitrogens is 2. The summed E-state index contributed by atoms with van der Waals surface area (Å²) in [5, 5.41) is 6.98. The highest BCUT2D eigenvalue weighted by Gasteiger charge is 2.23. The van der Waals surface area contributed by atoms with E-state index in [9.17, 15) is 14.0 Å². The molecule has 8 heteroatoms. The monoisotopic (exact) mass is 415 g/mol. The highest BCUT2D eigenvalue weighted by atomic mass is 35.5. The largest absolute Gasteiger partial charge is 0.452 e. The van der Waals surface area contributed by atoms with E-state index in [0.717, 1.165) is 11.1 Å². The summed E-state index contributed by atoms with van der Waals surface area (Å²) in [6.45, 7) is 4.88. The molecule has 1 aromatic heterocycles. The van der Waals surface area contributed by atoms with E-state index in [1.54, 1.807) is 6.92 Å². The molecule has 0 aliphatic heterocycles. The summed E-state index contributed by atoms with van der Waals surface area (Å²) < 4.78 is 19.6. The van der Waals surface area contributed by atoms with Crippen LogP contribution in [-0.4, -0.2) is 28.3 Å². The fourth-order valence-electron chi connectivity index (χ4n) is 2.87. The molecule has 150 valence electrons. The van der Waals surface area contributed by atoms with Gasteiger partial charge in [0.15, 0.2) is 6.61 Å². The number of carbonyl (C=O) groups is 2. The van der Waals surface area contributed by atoms with Gasteiger partial charge in [0.25, 0.3) is 5.91 Å². The Morgan fingerprint density at radius 3 is 2.34 bits per heavy atom. The number of rotatable bonds is 5. The average molecular weight is 416 g/mol. The van der Waals surface area contributed by atoms with Crippen LogP contribution < -0.4 is 5.32 Å². The predicted octanol–water partition coefficient (Wildman–Crippen LogP) is 4.39. The molecule has 0 bridgehead atoms. The van der Waals surface area contributed by atoms with Crippen LogP contribution in [0.5, 0.6) is 0 Å². The Kier molecular flexibility index (Phi) is 5.98. The molecule has 0 saturated carbocycles. The maximum Gasteiger partial charge on any atom is 0.343 e. The third-order valence-electron chi connectivity index (χ3n) is 4.36. The molecule has 0 aliphatic rings. The molecule has 6 nitrogen and oxygen atoms in total. The Hall–Kier alpha value is -3.19. The Balaban J connectivity index is 1.71. The predicted molar refractivity (Wildman–Crippen MR) is 108 cm³/mol. The van der Waals surface area contributed by atoms with Crippen LogP contribution in [0.1, 0.15) is 27.2 Å². The van der Waals surface area contributed by atoms with Crippen molar-refractivity contribution in [2.75, 3.05) is 11.9 Å². The number of ether oxygens (including phenoxy) is 1. The molecule has 0 spiro atoms. The second-order valence-electron chi connectivity index (χ2n) is 6.53. The molecule has 3 aromatic rings. The van der Waals surface area contributed by atoms with Gasteiger partial charge in [-0.3, -0.25) is 4.79 Å². The van der Waals surface area contributed by atoms with Crippen LogP contribution in [0.25, 0.3) is 5.69 Å². The van der Waals surface area contributed by atoms with Gasteiger partial charge in [0.1, 0.15) is 16.5 Å². The maximum atomic E-state index is 13.1. The van der Waals surface area contributed by atoms with Gasteiger partial charge in [-0.25, -0.2) is 13.9 Å². The van der Waals surface area contributed by atoms with Gasteiger partial charge < -0.3 is 10.1 Å². The van der Waals surface area contributed by atoms with Gasteiger partial charge in [0.05, 0.1) is 11.4 Å². The second-order valence-corrected chi connectivity index (χ2v) is 6.89. The molecule has 2 aromatic carbocycles. The molecule has 0 unspecified atom stereocenters. The highest BCUT2D eigenvalue weighted by Crippen LogP contribution is 2.24. The third-order valence-corrected chi connectivity index (χ3v) is 4.71. The molecule has 3 rings (SSSR count). The van der Waals surface area contributed by atoms with Gasteiger partial charge >= 0.3 is 5.97 Å². The molecule has 0 atom stereocenters. The summed E-state index contributed by atoms with van der Waals surface area (Å²) in [7, 11) is 0. The Morgan fingerprint density at radius 1 is 1.10 bits per heavy atom. The Labute approximate surface area is 172 Å². The number of halogens is 2. The van der Waals surface area contributed by atoms with Crippen LogP contribution in [0, 0.1) is 26.6 Å². The van der Waals surface area contributed by atoms with Crippen LogP contribution in [0.4, 0.5) is 10.1 Å². The minimum Gasteiger partial charge on any atom is -0.452 e. The maximum absolute atomic E-state index is 13.1. The van der Waals surface area contributed by atoms with E-state index in [0.29, 0.717) is 17.1 Å². The topological polar surface area (TPSA) is 73.2 Å². The lowest BCUT2D eigenvalue weighted by atomic mass is 10.1. The van der Waals surface area contributed by atoms with Crippen molar-refractivity contribution >= 4 is 29.2 Å². The first-order valence-electron chi connectivity index (χ1n) is 8.82. The third kappa shape index (κ3) is 4.46. The van der Waals surface area contributed by atoms with Crippen molar-refractivity contribution in [3.63, 3.8) is 0 Å². The van der Waals surface area contributed by atoms with E-state index < -0.39 is 24.3 Å². The number of hydrogen-bond acceptors (Lipinski definition) is 4. The van der Waals surface area contributed by atoms with Crippen molar-refractivity contribution in [3.8, 4) is 5.69 Å². The van der Waals surface area contributed by atoms with Crippen molar-refractivity contribution < 1.29 is 18.7 Å². The van der Waals surface area contributed by atoms with E-state index in [-0.39, 0.29) is 10.7 Å². The molecule has 0 radical (unpaired) electrons. The number of para-hydroxylation sites is 1. The summed E-state index contributed by atoms with van der Waals surface area (Å²) in [4.78, 5) is 24.7. The van der Waals surface area contributed by atoms with Crippen molar-refractivity contribution in [1.29, 1.82) is 0 Å². The molecule has 1 N–H and O–H groups in total. The van der Waals surface area contributed by atoms with Crippen molar-refractivity contribution in [2.45, 2.75) is 20.8 Å². The quantitative estimate of drug-likeness (QED) is 0.627. The number of benzene rings is 2. The molecule has 1 heterocycles. The zero-order chi connectivity index (χ0) is 21.1. The molecule has 29 heavy (non-hydrogen) atoms. The van der Waals surface area contributed by atoms with E-state index >= 15 is 0 Å². The minimum atomic E-state index is -0.766. The van der Waals surface area contributed by atoms with Gasteiger partial charge in [-0.15, -0.1) is 0 Å². The van der Waals surface area contributed by atoms with Gasteiger partial charge in [-0.05, 0) is 56.2 Å². The Morgan fingerprint density at radius 2 is 1.72 bits per heavy atom. The van der Waals surface area contributed by atoms with Crippen molar-refractivity contribution in [2.24, 2.45) is 0 Å². The smallest absolute Gasteiger partial charge is 0.343 e. The number of esters is 1. The molecular formula is C21H19ClFN3O3. The summed E-state index contributed by atoms with van der Waals surface area (Å²) >= 11 is 6.29. The number of aryl methyl sites for hydroxylation is 3. The fraction of sp³-hybridized carbons (Fsp3) is 0.190. The molecule has 1 amide bonds. The first kappa shape index (κ1) is 20.5. The van der Waals surface area contributed by atoms with Crippen LogP contribution in [0.3, 0.4) is 0 Å². The van der Waals surface area contributed by atoms with Gasteiger partial charge in [0.2, 0.25) is 0 Å². The summed E-state index contributed by atoms with van der Waals surface area (Å²) in [6, 6.07) is 11.1. The van der Waals surface area contributed by atoms with Crippen molar-refractivity contribution in [3.05, 3.63) is 75.8 Å². The minimum absolute atomic E-state index is 0.0225. The first-order valence-corrected chi connectivity index (χ1v) is 9.20. The van der Waals surface area contributed by atoms with Gasteiger partial charge in [-0.2, -0.15) is 5.10 Å². The molecule has 0 fully saturated rings. The van der Waals surface area contributed by atoms with Crippen LogP contribution >= 0.6 is 11.6 Å². The second kappa shape index (κ2) is 8.45. The fourth-order valence-corrected chi connectivity index (χ4v) is 3.22. The van der Waals surface area contributed by atoms with Crippen LogP contribution in [0.15, 0.2) is 42.5 Å². The van der Waals surface area contributed by atoms with Crippen LogP contribution in [-0.2, 0) is 9.53 Å². The zero-order valence-electron chi connectivity index (χ0n) is 16.1. The number of hydrogen-bond donors (Lipinski definition) is 1. The van der Waals surface area contributed by atoms with E-state index in [2.05, 4.69) is 10.4 Å². The zero-order valence-corrected chi connectivity index (χ0v) is 16.9. The van der Waals surface area contributed by atoms with E-state index in [1.165, 1.54) is 28.9 Å². The van der Waals surface area contributed by atoms with E-state index in [1.807, 2.05) is 32.0 Å². The number of amides is 1. The lowest BCUT2D eigenvalue weighted by molar-refractivity contribution is -0.119. The molecule has 0 aliphatic carbocycles. The first-order chi connectivity index (χ1) is 13.8. The lowest BCUT2D eigenvalue weighted by Crippen LogP contribution is -2.22. The van der Waals surface area contributed by atoms with E-state index in [4.69, 9.17) is 16.3 Å². The summed E-state index contributed by atoms with van der Waals surface area (Å²) in [6.07, 6.45) is 0. The highest BCUT2D eigenvalue weighted by molar-refractivity contribution is 6.33. The summed E-state index contributed by atoms with van der Waals surface area (Å²) in [5.74, 6) is -1.63. The molecular weight excluding hydrogens is 397 g/mol. The lowest BCUT2D eigenvalue weighted by Gasteiger charge is -2.11. The SMILES string of the molecule is Cc1cccc(C)c1NC(=O)COC(=O)c1c(C)nn(-c2ccc(F)cc2)c1Cl. The Bertz CT molecular complexity index is 1060. The normalized spacial score (nSPS) is 10.7. The van der Waals surface area contributed by atoms with Crippen LogP contribution in [0.2, 0.25) is 5.15 Å². The number of nitrogens with zero attached hydrogens (tertiary/aromatic N) is 2. The standard InChI is InChI=1S/C21H19ClFN3O3/c1-12-5-4-6-13(2)19(12)24-17(27)11-29-21(28)18-14(3)25-26(20(18)22)16-9-7-15(23)8-10-16/h4-10H,11H2,1-3H3,(H,24,27). The number of nitrogens with one attached hydrogen (secondary N) is 1.